The molecule has 1 atom stereocenters. The molecule has 0 amide bonds. The Bertz CT molecular complexity index is 274. The van der Waals surface area contributed by atoms with Crippen LogP contribution in [-0.2, 0) is 0 Å². The molecule has 0 aliphatic rings. The molecule has 4 nitrogen and oxygen atoms in total. The van der Waals surface area contributed by atoms with Crippen LogP contribution in [-0.4, -0.2) is 89.6 Å². The Morgan fingerprint density at radius 2 is 1.08 bits per heavy atom. The standard InChI is InChI=1S/C18H46N4Si2/c1-8-19(9-2)23-20(10-3)17-15-16-18-22(13-6)24(14-7)21(11-4)12-5/h24H,8-18,23H2,1-7H3. The maximum atomic E-state index is 2.82. The smallest absolute Gasteiger partial charge is 0.189 e. The molecule has 0 spiro atoms. The maximum Gasteiger partial charge on any atom is 0.189 e. The minimum Gasteiger partial charge on any atom is -0.317 e. The fourth-order valence-electron chi connectivity index (χ4n) is 3.60. The van der Waals surface area contributed by atoms with E-state index in [0.717, 1.165) is 0 Å². The second-order valence-electron chi connectivity index (χ2n) is 6.60. The summed E-state index contributed by atoms with van der Waals surface area (Å²) in [7, 11) is -1.10. The van der Waals surface area contributed by atoms with Gasteiger partial charge in [-0.15, -0.1) is 0 Å². The Kier molecular flexibility index (Phi) is 15.7. The Labute approximate surface area is 157 Å². The zero-order valence-corrected chi connectivity index (χ0v) is 20.4. The zero-order chi connectivity index (χ0) is 18.4. The average molecular weight is 375 g/mol. The molecule has 0 saturated heterocycles. The second-order valence-corrected chi connectivity index (χ2v) is 11.9. The first kappa shape index (κ1) is 24.3. The van der Waals surface area contributed by atoms with Crippen LogP contribution in [0, 0.1) is 0 Å². The van der Waals surface area contributed by atoms with Crippen LogP contribution in [0.15, 0.2) is 0 Å². The quantitative estimate of drug-likeness (QED) is 0.304. The Balaban J connectivity index is 4.29. The molecule has 146 valence electrons. The summed E-state index contributed by atoms with van der Waals surface area (Å²) >= 11 is 0. The normalized spacial score (nSPS) is 14.1. The van der Waals surface area contributed by atoms with Gasteiger partial charge in [0.1, 0.15) is 0 Å². The number of nitrogens with zero attached hydrogens (tertiary/aromatic N) is 4. The topological polar surface area (TPSA) is 13.0 Å². The van der Waals surface area contributed by atoms with E-state index in [0.29, 0.717) is 0 Å². The van der Waals surface area contributed by atoms with Gasteiger partial charge in [0.05, 0.1) is 0 Å². The first-order valence-electron chi connectivity index (χ1n) is 10.5. The number of rotatable bonds is 16. The van der Waals surface area contributed by atoms with Crippen molar-refractivity contribution in [3.63, 3.8) is 0 Å². The largest absolute Gasteiger partial charge is 0.317 e. The van der Waals surface area contributed by atoms with Crippen molar-refractivity contribution >= 4 is 19.0 Å². The number of unbranched alkanes of at least 4 members (excludes halogenated alkanes) is 1. The molecule has 0 rings (SSSR count). The summed E-state index contributed by atoms with van der Waals surface area (Å²) in [6, 6.07) is 1.37. The van der Waals surface area contributed by atoms with Crippen LogP contribution in [0.3, 0.4) is 0 Å². The van der Waals surface area contributed by atoms with Crippen LogP contribution in [0.1, 0.15) is 61.3 Å². The van der Waals surface area contributed by atoms with Crippen LogP contribution < -0.4 is 0 Å². The minimum absolute atomic E-state index is 0.200. The van der Waals surface area contributed by atoms with Gasteiger partial charge in [0.25, 0.3) is 0 Å². The average Bonchev–Trinajstić information content (AvgIpc) is 2.62. The van der Waals surface area contributed by atoms with E-state index in [1.807, 2.05) is 0 Å². The van der Waals surface area contributed by atoms with Crippen molar-refractivity contribution in [2.45, 2.75) is 67.4 Å². The highest BCUT2D eigenvalue weighted by Gasteiger charge is 2.22. The molecule has 0 aromatic carbocycles. The molecule has 0 fully saturated rings. The highest BCUT2D eigenvalue weighted by Crippen LogP contribution is 2.09. The van der Waals surface area contributed by atoms with Crippen molar-refractivity contribution in [3.05, 3.63) is 0 Å². The molecule has 0 aromatic rings. The summed E-state index contributed by atoms with van der Waals surface area (Å²) in [4.78, 5) is 0. The molecule has 0 radical (unpaired) electrons. The predicted molar refractivity (Wildman–Crippen MR) is 116 cm³/mol. The van der Waals surface area contributed by atoms with Crippen molar-refractivity contribution in [3.8, 4) is 0 Å². The van der Waals surface area contributed by atoms with Crippen LogP contribution >= 0.6 is 0 Å². The van der Waals surface area contributed by atoms with Crippen LogP contribution in [0.25, 0.3) is 0 Å². The van der Waals surface area contributed by atoms with Gasteiger partial charge in [-0.25, -0.2) is 0 Å². The number of hydrogen-bond donors (Lipinski definition) is 0. The number of hydrogen-bond acceptors (Lipinski definition) is 4. The van der Waals surface area contributed by atoms with Crippen molar-refractivity contribution < 1.29 is 0 Å². The lowest BCUT2D eigenvalue weighted by molar-refractivity contribution is 0.343. The lowest BCUT2D eigenvalue weighted by Crippen LogP contribution is -2.52. The van der Waals surface area contributed by atoms with Gasteiger partial charge in [0.15, 0.2) is 19.0 Å². The Morgan fingerprint density at radius 3 is 1.50 bits per heavy atom. The summed E-state index contributed by atoms with van der Waals surface area (Å²) in [5, 5.41) is 0. The molecule has 1 unspecified atom stereocenters. The van der Waals surface area contributed by atoms with E-state index in [2.05, 4.69) is 66.7 Å². The predicted octanol–water partition coefficient (Wildman–Crippen LogP) is 2.33. The second kappa shape index (κ2) is 15.5. The minimum atomic E-state index is -0.898. The molecule has 24 heavy (non-hydrogen) atoms. The van der Waals surface area contributed by atoms with Crippen LogP contribution in [0.4, 0.5) is 0 Å². The third-order valence-electron chi connectivity index (χ3n) is 5.34. The zero-order valence-electron chi connectivity index (χ0n) is 17.9. The first-order valence-corrected chi connectivity index (χ1v) is 13.7. The molecule has 6 heteroatoms. The fraction of sp³-hybridized carbons (Fsp3) is 1.00. The molecule has 0 heterocycles. The van der Waals surface area contributed by atoms with E-state index < -0.39 is 9.12 Å². The van der Waals surface area contributed by atoms with Crippen molar-refractivity contribution in [2.75, 3.05) is 52.4 Å². The maximum absolute atomic E-state index is 2.82. The van der Waals surface area contributed by atoms with Gasteiger partial charge >= 0.3 is 0 Å². The fourth-order valence-corrected chi connectivity index (χ4v) is 8.37. The van der Waals surface area contributed by atoms with Gasteiger partial charge in [-0.05, 0) is 71.2 Å². The van der Waals surface area contributed by atoms with Gasteiger partial charge in [-0.3, -0.25) is 0 Å². The third kappa shape index (κ3) is 9.10. The molecule has 0 saturated carbocycles. The summed E-state index contributed by atoms with van der Waals surface area (Å²) in [5.41, 5.74) is 0. The highest BCUT2D eigenvalue weighted by molar-refractivity contribution is 6.52. The lowest BCUT2D eigenvalue weighted by Gasteiger charge is -2.36. The summed E-state index contributed by atoms with van der Waals surface area (Å²) in [5.74, 6) is 0. The summed E-state index contributed by atoms with van der Waals surface area (Å²) in [6.07, 6.45) is 2.73. The molecular formula is C18H46N4Si2. The van der Waals surface area contributed by atoms with Crippen molar-refractivity contribution in [1.29, 1.82) is 0 Å². The van der Waals surface area contributed by atoms with Gasteiger partial charge in [-0.1, -0.05) is 48.5 Å². The van der Waals surface area contributed by atoms with E-state index >= 15 is 0 Å². The van der Waals surface area contributed by atoms with Crippen molar-refractivity contribution in [1.82, 2.24) is 18.3 Å². The van der Waals surface area contributed by atoms with Gasteiger partial charge in [0.2, 0.25) is 0 Å². The SMILES string of the molecule is CCN(CC)[SiH2]N(CC)CCCCN(CC)[SiH](CC)N(CC)CC. The van der Waals surface area contributed by atoms with E-state index in [1.54, 1.807) is 0 Å². The molecule has 0 aromatic heterocycles. The molecule has 0 bridgehead atoms. The van der Waals surface area contributed by atoms with E-state index in [1.165, 1.54) is 71.2 Å². The highest BCUT2D eigenvalue weighted by atomic mass is 28.3. The van der Waals surface area contributed by atoms with Crippen LogP contribution in [0.2, 0.25) is 6.04 Å². The summed E-state index contributed by atoms with van der Waals surface area (Å²) in [6.45, 7) is 26.3. The Hall–Kier alpha value is 0.274. The molecule has 0 aliphatic carbocycles. The molecule has 0 N–H and O–H groups in total. The lowest BCUT2D eigenvalue weighted by atomic mass is 10.3. The first-order chi connectivity index (χ1) is 11.6. The molecule has 0 aliphatic heterocycles. The van der Waals surface area contributed by atoms with Gasteiger partial charge in [-0.2, -0.15) is 0 Å². The van der Waals surface area contributed by atoms with Crippen LogP contribution in [0.5, 0.6) is 0 Å². The van der Waals surface area contributed by atoms with Crippen molar-refractivity contribution in [2.24, 2.45) is 0 Å². The third-order valence-corrected chi connectivity index (χ3v) is 11.6. The van der Waals surface area contributed by atoms with Gasteiger partial charge in [0, 0.05) is 0 Å². The monoisotopic (exact) mass is 374 g/mol. The Morgan fingerprint density at radius 1 is 0.583 bits per heavy atom. The van der Waals surface area contributed by atoms with E-state index in [9.17, 15) is 0 Å². The summed E-state index contributed by atoms with van der Waals surface area (Å²) < 4.78 is 11.0. The van der Waals surface area contributed by atoms with Gasteiger partial charge < -0.3 is 18.3 Å². The molecular weight excluding hydrogens is 328 g/mol. The van der Waals surface area contributed by atoms with E-state index in [-0.39, 0.29) is 9.84 Å². The van der Waals surface area contributed by atoms with E-state index in [4.69, 9.17) is 0 Å².